The molecule has 0 spiro atoms. The number of hydrogen-bond donors (Lipinski definition) is 0. The third-order valence-electron chi connectivity index (χ3n) is 3.03. The van der Waals surface area contributed by atoms with Crippen LogP contribution in [0.2, 0.25) is 20.1 Å². The molecular formula is C14H9Cl4N3OS2. The topological polar surface area (TPSA) is 47.3 Å². The molecule has 0 aliphatic carbocycles. The summed E-state index contributed by atoms with van der Waals surface area (Å²) < 4.78 is 14.1. The van der Waals surface area contributed by atoms with Gasteiger partial charge in [-0.2, -0.15) is 0 Å². The predicted molar refractivity (Wildman–Crippen MR) is 101 cm³/mol. The number of fused-ring (bicyclic) bond motifs is 1. The normalized spacial score (nSPS) is 12.7. The quantitative estimate of drug-likeness (QED) is 0.508. The molecule has 0 saturated heterocycles. The van der Waals surface area contributed by atoms with E-state index in [1.165, 1.54) is 11.8 Å². The molecule has 0 saturated carbocycles. The van der Waals surface area contributed by atoms with Gasteiger partial charge in [0.25, 0.3) is 0 Å². The van der Waals surface area contributed by atoms with Gasteiger partial charge in [-0.05, 0) is 24.3 Å². The van der Waals surface area contributed by atoms with E-state index >= 15 is 0 Å². The first-order valence-electron chi connectivity index (χ1n) is 6.61. The van der Waals surface area contributed by atoms with Gasteiger partial charge in [0.05, 0.1) is 30.8 Å². The fraction of sp³-hybridized carbons (Fsp3) is 0.143. The van der Waals surface area contributed by atoms with E-state index in [1.54, 1.807) is 34.9 Å². The van der Waals surface area contributed by atoms with Gasteiger partial charge in [-0.1, -0.05) is 58.2 Å². The number of aromatic nitrogens is 3. The molecule has 24 heavy (non-hydrogen) atoms. The minimum absolute atomic E-state index is 0.397. The molecule has 1 aromatic carbocycles. The van der Waals surface area contributed by atoms with Crippen LogP contribution in [0.4, 0.5) is 0 Å². The molecule has 2 aromatic heterocycles. The Balaban J connectivity index is 1.71. The van der Waals surface area contributed by atoms with E-state index in [2.05, 4.69) is 10.2 Å². The molecule has 0 radical (unpaired) electrons. The zero-order chi connectivity index (χ0) is 17.3. The first-order valence-corrected chi connectivity index (χ1v) is 10.4. The van der Waals surface area contributed by atoms with Crippen molar-refractivity contribution in [2.24, 2.45) is 0 Å². The monoisotopic (exact) mass is 439 g/mol. The highest BCUT2D eigenvalue weighted by Crippen LogP contribution is 2.27. The predicted octanol–water partition coefficient (Wildman–Crippen LogP) is 5.24. The number of pyridine rings is 1. The van der Waals surface area contributed by atoms with Crippen LogP contribution in [0.15, 0.2) is 40.5 Å². The first-order chi connectivity index (χ1) is 11.5. The lowest BCUT2D eigenvalue weighted by Crippen LogP contribution is -2.02. The maximum Gasteiger partial charge on any atom is 0.195 e. The van der Waals surface area contributed by atoms with Crippen molar-refractivity contribution in [3.63, 3.8) is 0 Å². The Hall–Kier alpha value is -0.500. The Labute approximate surface area is 164 Å². The Morgan fingerprint density at radius 3 is 2.62 bits per heavy atom. The van der Waals surface area contributed by atoms with Crippen LogP contribution >= 0.6 is 58.2 Å². The van der Waals surface area contributed by atoms with Gasteiger partial charge in [0.2, 0.25) is 0 Å². The summed E-state index contributed by atoms with van der Waals surface area (Å²) in [5.41, 5.74) is 0.530. The van der Waals surface area contributed by atoms with Crippen molar-refractivity contribution < 1.29 is 4.21 Å². The summed E-state index contributed by atoms with van der Waals surface area (Å²) in [6.07, 6.45) is 1.69. The molecule has 4 nitrogen and oxygen atoms in total. The van der Waals surface area contributed by atoms with E-state index in [0.717, 1.165) is 0 Å². The molecular weight excluding hydrogens is 432 g/mol. The molecule has 0 fully saturated rings. The minimum Gasteiger partial charge on any atom is -0.275 e. The van der Waals surface area contributed by atoms with E-state index < -0.39 is 10.8 Å². The molecule has 10 heteroatoms. The number of hydrogen-bond acceptors (Lipinski definition) is 4. The number of halogens is 4. The molecule has 0 bridgehead atoms. The number of rotatable bonds is 5. The molecule has 2 heterocycles. The standard InChI is InChI=1S/C14H9Cl4N3OS2/c15-8-1-2-10(17)12(6-8)24(22)4-3-23-14-20-19-13-11(18)5-9(16)7-21(13)14/h1-2,5-7H,3-4H2/t24-/m0/s1. The van der Waals surface area contributed by atoms with Crippen molar-refractivity contribution >= 4 is 74.6 Å². The van der Waals surface area contributed by atoms with Crippen LogP contribution in [0.3, 0.4) is 0 Å². The number of thioether (sulfide) groups is 1. The van der Waals surface area contributed by atoms with Gasteiger partial charge >= 0.3 is 0 Å². The summed E-state index contributed by atoms with van der Waals surface area (Å²) in [5, 5.41) is 10.6. The van der Waals surface area contributed by atoms with Gasteiger partial charge in [-0.25, -0.2) is 0 Å². The Kier molecular flexibility index (Phi) is 5.95. The minimum atomic E-state index is -1.26. The van der Waals surface area contributed by atoms with Crippen LogP contribution in [-0.2, 0) is 10.8 Å². The van der Waals surface area contributed by atoms with E-state index in [9.17, 15) is 4.21 Å². The van der Waals surface area contributed by atoms with Crippen LogP contribution in [0.5, 0.6) is 0 Å². The van der Waals surface area contributed by atoms with Crippen molar-refractivity contribution in [1.29, 1.82) is 0 Å². The lowest BCUT2D eigenvalue weighted by atomic mass is 10.4. The zero-order valence-corrected chi connectivity index (χ0v) is 16.5. The Morgan fingerprint density at radius 2 is 1.83 bits per heavy atom. The average molecular weight is 441 g/mol. The van der Waals surface area contributed by atoms with Gasteiger partial charge < -0.3 is 0 Å². The maximum absolute atomic E-state index is 12.4. The summed E-state index contributed by atoms with van der Waals surface area (Å²) >= 11 is 25.5. The summed E-state index contributed by atoms with van der Waals surface area (Å²) in [7, 11) is -1.26. The highest BCUT2D eigenvalue weighted by Gasteiger charge is 2.13. The van der Waals surface area contributed by atoms with Gasteiger partial charge in [-0.3, -0.25) is 8.61 Å². The zero-order valence-electron chi connectivity index (χ0n) is 11.9. The third-order valence-corrected chi connectivity index (χ3v) is 6.80. The fourth-order valence-corrected chi connectivity index (χ4v) is 5.35. The van der Waals surface area contributed by atoms with Crippen molar-refractivity contribution in [1.82, 2.24) is 14.6 Å². The van der Waals surface area contributed by atoms with Gasteiger partial charge in [0, 0.05) is 22.7 Å². The molecule has 0 amide bonds. The number of nitrogens with zero attached hydrogens (tertiary/aromatic N) is 3. The van der Waals surface area contributed by atoms with Crippen LogP contribution in [0.1, 0.15) is 0 Å². The summed E-state index contributed by atoms with van der Waals surface area (Å²) in [5.74, 6) is 0.953. The highest BCUT2D eigenvalue weighted by molar-refractivity contribution is 8.00. The fourth-order valence-electron chi connectivity index (χ4n) is 1.97. The summed E-state index contributed by atoms with van der Waals surface area (Å²) in [4.78, 5) is 0.530. The smallest absolute Gasteiger partial charge is 0.195 e. The second-order valence-electron chi connectivity index (χ2n) is 4.66. The van der Waals surface area contributed by atoms with Gasteiger partial charge in [0.1, 0.15) is 0 Å². The third kappa shape index (κ3) is 4.00. The first kappa shape index (κ1) is 18.3. The number of benzene rings is 1. The molecule has 3 aromatic rings. The molecule has 0 aliphatic heterocycles. The van der Waals surface area contributed by atoms with Crippen molar-refractivity contribution in [2.75, 3.05) is 11.5 Å². The Bertz CT molecular complexity index is 932. The average Bonchev–Trinajstić information content (AvgIpc) is 2.93. The van der Waals surface area contributed by atoms with Crippen molar-refractivity contribution in [2.45, 2.75) is 10.1 Å². The summed E-state index contributed by atoms with van der Waals surface area (Å²) in [6.45, 7) is 0. The SMILES string of the molecule is O=[S@@](CCSc1nnc2c(Cl)cc(Cl)cn12)c1cc(Cl)ccc1Cl. The van der Waals surface area contributed by atoms with E-state index in [0.29, 0.717) is 47.3 Å². The van der Waals surface area contributed by atoms with Gasteiger partial charge in [0.15, 0.2) is 10.8 Å². The van der Waals surface area contributed by atoms with E-state index in [-0.39, 0.29) is 0 Å². The summed E-state index contributed by atoms with van der Waals surface area (Å²) in [6, 6.07) is 6.53. The molecule has 0 N–H and O–H groups in total. The van der Waals surface area contributed by atoms with Gasteiger partial charge in [-0.15, -0.1) is 10.2 Å². The van der Waals surface area contributed by atoms with Crippen LogP contribution in [0.25, 0.3) is 5.65 Å². The van der Waals surface area contributed by atoms with Crippen molar-refractivity contribution in [3.05, 3.63) is 50.6 Å². The van der Waals surface area contributed by atoms with Crippen LogP contribution < -0.4 is 0 Å². The molecule has 126 valence electrons. The maximum atomic E-state index is 12.4. The van der Waals surface area contributed by atoms with E-state index in [4.69, 9.17) is 46.4 Å². The second-order valence-corrected chi connectivity index (χ2v) is 8.94. The largest absolute Gasteiger partial charge is 0.275 e. The lowest BCUT2D eigenvalue weighted by molar-refractivity contribution is 0.684. The lowest BCUT2D eigenvalue weighted by Gasteiger charge is -2.05. The highest BCUT2D eigenvalue weighted by atomic mass is 35.5. The molecule has 0 aliphatic rings. The second kappa shape index (κ2) is 7.81. The van der Waals surface area contributed by atoms with E-state index in [1.807, 2.05) is 0 Å². The van der Waals surface area contributed by atoms with Crippen LogP contribution in [0, 0.1) is 0 Å². The molecule has 1 atom stereocenters. The van der Waals surface area contributed by atoms with Crippen LogP contribution in [-0.4, -0.2) is 30.3 Å². The van der Waals surface area contributed by atoms with Crippen molar-refractivity contribution in [3.8, 4) is 0 Å². The molecule has 0 unspecified atom stereocenters. The molecule has 3 rings (SSSR count). The Morgan fingerprint density at radius 1 is 1.04 bits per heavy atom.